The van der Waals surface area contributed by atoms with Crippen LogP contribution in [0.3, 0.4) is 0 Å². The van der Waals surface area contributed by atoms with E-state index >= 15 is 0 Å². The van der Waals surface area contributed by atoms with Crippen LogP contribution in [0.1, 0.15) is 12.0 Å². The number of halogens is 2. The number of ether oxygens (including phenoxy) is 1. The maximum atomic E-state index is 12.4. The molecule has 0 saturated carbocycles. The molecule has 2 aromatic carbocycles. The van der Waals surface area contributed by atoms with Gasteiger partial charge < -0.3 is 15.0 Å². The van der Waals surface area contributed by atoms with Gasteiger partial charge in [0.2, 0.25) is 11.8 Å². The number of carbonyl (C=O) groups is 2. The van der Waals surface area contributed by atoms with Crippen LogP contribution in [0.15, 0.2) is 42.5 Å². The number of benzene rings is 2. The third kappa shape index (κ3) is 4.54. The molecule has 1 saturated heterocycles. The van der Waals surface area contributed by atoms with E-state index in [0.717, 1.165) is 17.0 Å². The number of hydrogen-bond acceptors (Lipinski definition) is 3. The summed E-state index contributed by atoms with van der Waals surface area (Å²) in [6, 6.07) is 12.7. The largest absolute Gasteiger partial charge is 0.497 e. The van der Waals surface area contributed by atoms with Crippen LogP contribution in [-0.2, 0) is 16.0 Å². The molecule has 1 atom stereocenters. The number of hydrogen-bond donors (Lipinski definition) is 1. The summed E-state index contributed by atoms with van der Waals surface area (Å²) in [5, 5.41) is 3.90. The quantitative estimate of drug-likeness (QED) is 0.794. The van der Waals surface area contributed by atoms with Crippen molar-refractivity contribution in [2.24, 2.45) is 5.92 Å². The Morgan fingerprint density at radius 1 is 1.22 bits per heavy atom. The summed E-state index contributed by atoms with van der Waals surface area (Å²) >= 11 is 12.2. The Morgan fingerprint density at radius 2 is 1.96 bits per heavy atom. The van der Waals surface area contributed by atoms with Crippen molar-refractivity contribution in [3.63, 3.8) is 0 Å². The van der Waals surface area contributed by atoms with Crippen LogP contribution in [0.25, 0.3) is 0 Å². The van der Waals surface area contributed by atoms with E-state index in [1.165, 1.54) is 0 Å². The van der Waals surface area contributed by atoms with Crippen LogP contribution in [0.4, 0.5) is 5.69 Å². The van der Waals surface area contributed by atoms with Crippen molar-refractivity contribution in [3.8, 4) is 5.75 Å². The number of nitrogens with one attached hydrogen (secondary N) is 1. The number of rotatable bonds is 6. The lowest BCUT2D eigenvalue weighted by atomic mass is 10.1. The first-order valence-electron chi connectivity index (χ1n) is 8.64. The Labute approximate surface area is 168 Å². The number of carbonyl (C=O) groups excluding carboxylic acids is 2. The molecule has 2 amide bonds. The molecular weight excluding hydrogens is 387 g/mol. The maximum absolute atomic E-state index is 12.4. The minimum Gasteiger partial charge on any atom is -0.497 e. The summed E-state index contributed by atoms with van der Waals surface area (Å²) in [6.07, 6.45) is 0.782. The highest BCUT2D eigenvalue weighted by Gasteiger charge is 2.34. The average molecular weight is 407 g/mol. The zero-order valence-corrected chi connectivity index (χ0v) is 16.4. The Bertz CT molecular complexity index is 840. The highest BCUT2D eigenvalue weighted by atomic mass is 35.5. The van der Waals surface area contributed by atoms with Crippen molar-refractivity contribution in [1.29, 1.82) is 0 Å². The summed E-state index contributed by atoms with van der Waals surface area (Å²) in [5.74, 6) is 0.171. The van der Waals surface area contributed by atoms with E-state index in [4.69, 9.17) is 27.9 Å². The summed E-state index contributed by atoms with van der Waals surface area (Å²) in [5.41, 5.74) is 1.65. The van der Waals surface area contributed by atoms with Gasteiger partial charge in [0.25, 0.3) is 0 Å². The molecule has 1 heterocycles. The second-order valence-corrected chi connectivity index (χ2v) is 7.14. The minimum absolute atomic E-state index is 0.0572. The fraction of sp³-hybridized carbons (Fsp3) is 0.300. The fourth-order valence-corrected chi connectivity index (χ4v) is 3.52. The minimum atomic E-state index is -0.366. The average Bonchev–Trinajstić information content (AvgIpc) is 3.07. The Kier molecular flexibility index (Phi) is 6.24. The normalized spacial score (nSPS) is 16.5. The summed E-state index contributed by atoms with van der Waals surface area (Å²) in [4.78, 5) is 26.4. The zero-order valence-electron chi connectivity index (χ0n) is 14.9. The van der Waals surface area contributed by atoms with Crippen molar-refractivity contribution in [1.82, 2.24) is 5.32 Å². The van der Waals surface area contributed by atoms with Gasteiger partial charge in [-0.05, 0) is 42.3 Å². The van der Waals surface area contributed by atoms with Gasteiger partial charge >= 0.3 is 0 Å². The molecule has 0 aliphatic carbocycles. The first-order chi connectivity index (χ1) is 13.0. The van der Waals surface area contributed by atoms with Crippen LogP contribution >= 0.6 is 23.2 Å². The zero-order chi connectivity index (χ0) is 19.4. The topological polar surface area (TPSA) is 58.6 Å². The van der Waals surface area contributed by atoms with Crippen LogP contribution in [0.2, 0.25) is 10.0 Å². The Hall–Kier alpha value is -2.24. The number of nitrogens with zero attached hydrogens (tertiary/aromatic N) is 1. The highest BCUT2D eigenvalue weighted by molar-refractivity contribution is 6.42. The molecule has 0 aromatic heterocycles. The van der Waals surface area contributed by atoms with Crippen LogP contribution in [-0.4, -0.2) is 32.0 Å². The molecule has 7 heteroatoms. The molecule has 0 spiro atoms. The third-order valence-corrected chi connectivity index (χ3v) is 5.46. The molecule has 1 fully saturated rings. The molecule has 5 nitrogen and oxygen atoms in total. The first-order valence-corrected chi connectivity index (χ1v) is 9.40. The van der Waals surface area contributed by atoms with Gasteiger partial charge in [-0.3, -0.25) is 9.59 Å². The van der Waals surface area contributed by atoms with Crippen LogP contribution < -0.4 is 15.0 Å². The summed E-state index contributed by atoms with van der Waals surface area (Å²) < 4.78 is 5.13. The van der Waals surface area contributed by atoms with Gasteiger partial charge in [-0.25, -0.2) is 0 Å². The monoisotopic (exact) mass is 406 g/mol. The number of amides is 2. The van der Waals surface area contributed by atoms with E-state index in [0.29, 0.717) is 29.6 Å². The molecular formula is C20H20Cl2N2O3. The van der Waals surface area contributed by atoms with E-state index in [-0.39, 0.29) is 24.2 Å². The lowest BCUT2D eigenvalue weighted by Gasteiger charge is -2.17. The standard InChI is InChI=1S/C20H20Cl2N2O3/c1-27-16-7-5-15(6-8-16)24-12-14(11-18(24)25)20(26)23-10-9-13-3-2-4-17(21)19(13)22/h2-8,14H,9-12H2,1H3,(H,23,26). The van der Waals surface area contributed by atoms with Gasteiger partial charge in [-0.1, -0.05) is 35.3 Å². The molecule has 1 N–H and O–H groups in total. The van der Waals surface area contributed by atoms with Crippen molar-refractivity contribution < 1.29 is 14.3 Å². The highest BCUT2D eigenvalue weighted by Crippen LogP contribution is 2.27. The Balaban J connectivity index is 1.54. The maximum Gasteiger partial charge on any atom is 0.227 e. The van der Waals surface area contributed by atoms with E-state index in [1.54, 1.807) is 30.2 Å². The smallest absolute Gasteiger partial charge is 0.227 e. The van der Waals surface area contributed by atoms with Crippen LogP contribution in [0.5, 0.6) is 5.75 Å². The second kappa shape index (κ2) is 8.63. The molecule has 142 valence electrons. The summed E-state index contributed by atoms with van der Waals surface area (Å²) in [7, 11) is 1.59. The van der Waals surface area contributed by atoms with Gasteiger partial charge in [0.05, 0.1) is 23.1 Å². The summed E-state index contributed by atoms with van der Waals surface area (Å²) in [6.45, 7) is 0.807. The van der Waals surface area contributed by atoms with Gasteiger partial charge in [0, 0.05) is 25.2 Å². The SMILES string of the molecule is COc1ccc(N2CC(C(=O)NCCc3cccc(Cl)c3Cl)CC2=O)cc1. The van der Waals surface area contributed by atoms with Gasteiger partial charge in [0.1, 0.15) is 5.75 Å². The van der Waals surface area contributed by atoms with Crippen molar-refractivity contribution in [3.05, 3.63) is 58.1 Å². The van der Waals surface area contributed by atoms with Crippen LogP contribution in [0, 0.1) is 5.92 Å². The second-order valence-electron chi connectivity index (χ2n) is 6.36. The lowest BCUT2D eigenvalue weighted by molar-refractivity contribution is -0.126. The van der Waals surface area contributed by atoms with Crippen molar-refractivity contribution in [2.75, 3.05) is 25.1 Å². The van der Waals surface area contributed by atoms with E-state index < -0.39 is 0 Å². The molecule has 2 aromatic rings. The molecule has 27 heavy (non-hydrogen) atoms. The van der Waals surface area contributed by atoms with E-state index in [9.17, 15) is 9.59 Å². The van der Waals surface area contributed by atoms with Gasteiger partial charge in [-0.15, -0.1) is 0 Å². The molecule has 3 rings (SSSR count). The molecule has 1 aliphatic rings. The van der Waals surface area contributed by atoms with E-state index in [1.807, 2.05) is 24.3 Å². The third-order valence-electron chi connectivity index (χ3n) is 4.61. The number of anilines is 1. The van der Waals surface area contributed by atoms with E-state index in [2.05, 4.69) is 5.32 Å². The van der Waals surface area contributed by atoms with Crippen molar-refractivity contribution >= 4 is 40.7 Å². The lowest BCUT2D eigenvalue weighted by Crippen LogP contribution is -2.34. The Morgan fingerprint density at radius 3 is 2.67 bits per heavy atom. The van der Waals surface area contributed by atoms with Gasteiger partial charge in [0.15, 0.2) is 0 Å². The first kappa shape index (κ1) is 19.5. The fourth-order valence-electron chi connectivity index (χ4n) is 3.10. The number of methoxy groups -OCH3 is 1. The van der Waals surface area contributed by atoms with Gasteiger partial charge in [-0.2, -0.15) is 0 Å². The predicted octanol–water partition coefficient (Wildman–Crippen LogP) is 3.71. The molecule has 1 aliphatic heterocycles. The molecule has 0 radical (unpaired) electrons. The predicted molar refractivity (Wildman–Crippen MR) is 107 cm³/mol. The molecule has 0 bridgehead atoms. The van der Waals surface area contributed by atoms with Crippen molar-refractivity contribution in [2.45, 2.75) is 12.8 Å². The molecule has 1 unspecified atom stereocenters.